The van der Waals surface area contributed by atoms with Crippen molar-refractivity contribution in [3.63, 3.8) is 0 Å². The summed E-state index contributed by atoms with van der Waals surface area (Å²) in [4.78, 5) is 16.4. The number of hydrogen-bond acceptors (Lipinski definition) is 5. The van der Waals surface area contributed by atoms with Crippen molar-refractivity contribution in [1.82, 2.24) is 4.98 Å². The molecule has 3 N–H and O–H groups in total. The molecule has 1 aliphatic carbocycles. The SMILES string of the molecule is Nc1ccc(NC(=O)c2ccc(S(=O)(=O)C3CCCC3)cc2)cn1. The van der Waals surface area contributed by atoms with Gasteiger partial charge in [0.05, 0.1) is 22.0 Å². The largest absolute Gasteiger partial charge is 0.384 e. The van der Waals surface area contributed by atoms with Gasteiger partial charge in [0.2, 0.25) is 0 Å². The summed E-state index contributed by atoms with van der Waals surface area (Å²) in [5, 5.41) is 2.40. The second-order valence-corrected chi connectivity index (χ2v) is 8.13. The molecule has 1 amide bonds. The lowest BCUT2D eigenvalue weighted by atomic mass is 10.2. The van der Waals surface area contributed by atoms with Crippen molar-refractivity contribution >= 4 is 27.2 Å². The van der Waals surface area contributed by atoms with Crippen LogP contribution in [0, 0.1) is 0 Å². The van der Waals surface area contributed by atoms with E-state index in [0.717, 1.165) is 12.8 Å². The van der Waals surface area contributed by atoms with Crippen molar-refractivity contribution in [2.75, 3.05) is 11.1 Å². The first kappa shape index (κ1) is 16.4. The molecule has 1 aromatic carbocycles. The van der Waals surface area contributed by atoms with Crippen LogP contribution >= 0.6 is 0 Å². The maximum atomic E-state index is 12.5. The Kier molecular flexibility index (Phi) is 4.53. The minimum atomic E-state index is -3.30. The van der Waals surface area contributed by atoms with E-state index in [1.165, 1.54) is 30.5 Å². The van der Waals surface area contributed by atoms with Gasteiger partial charge in [0, 0.05) is 5.56 Å². The van der Waals surface area contributed by atoms with Crippen LogP contribution in [0.25, 0.3) is 0 Å². The third kappa shape index (κ3) is 3.41. The lowest BCUT2D eigenvalue weighted by Crippen LogP contribution is -2.18. The first-order chi connectivity index (χ1) is 11.5. The molecule has 24 heavy (non-hydrogen) atoms. The van der Waals surface area contributed by atoms with Crippen molar-refractivity contribution < 1.29 is 13.2 Å². The normalized spacial score (nSPS) is 15.3. The Bertz CT molecular complexity index is 824. The van der Waals surface area contributed by atoms with Crippen molar-refractivity contribution in [1.29, 1.82) is 0 Å². The molecule has 3 rings (SSSR count). The van der Waals surface area contributed by atoms with Gasteiger partial charge >= 0.3 is 0 Å². The summed E-state index contributed by atoms with van der Waals surface area (Å²) in [5.41, 5.74) is 6.41. The van der Waals surface area contributed by atoms with Crippen LogP contribution in [0.3, 0.4) is 0 Å². The zero-order valence-corrected chi connectivity index (χ0v) is 13.9. The molecule has 1 fully saturated rings. The third-order valence-corrected chi connectivity index (χ3v) is 6.51. The summed E-state index contributed by atoms with van der Waals surface area (Å²) in [7, 11) is -3.30. The van der Waals surface area contributed by atoms with E-state index in [1.807, 2.05) is 0 Å². The van der Waals surface area contributed by atoms with Crippen molar-refractivity contribution in [2.24, 2.45) is 0 Å². The summed E-state index contributed by atoms with van der Waals surface area (Å²) in [6.45, 7) is 0. The van der Waals surface area contributed by atoms with Gasteiger partial charge in [-0.1, -0.05) is 12.8 Å². The van der Waals surface area contributed by atoms with E-state index >= 15 is 0 Å². The molecule has 0 bridgehead atoms. The van der Waals surface area contributed by atoms with Gasteiger partial charge in [-0.25, -0.2) is 13.4 Å². The van der Waals surface area contributed by atoms with Crippen LogP contribution in [0.2, 0.25) is 0 Å². The molecule has 0 aliphatic heterocycles. The highest BCUT2D eigenvalue weighted by Crippen LogP contribution is 2.29. The molecule has 0 unspecified atom stereocenters. The third-order valence-electron chi connectivity index (χ3n) is 4.23. The number of rotatable bonds is 4. The zero-order chi connectivity index (χ0) is 17.2. The van der Waals surface area contributed by atoms with Crippen molar-refractivity contribution in [2.45, 2.75) is 35.8 Å². The Morgan fingerprint density at radius 1 is 1.08 bits per heavy atom. The number of sulfone groups is 1. The number of amides is 1. The summed E-state index contributed by atoms with van der Waals surface area (Å²) in [6.07, 6.45) is 4.82. The van der Waals surface area contributed by atoms with E-state index in [2.05, 4.69) is 10.3 Å². The monoisotopic (exact) mass is 345 g/mol. The van der Waals surface area contributed by atoms with Crippen molar-refractivity contribution in [3.8, 4) is 0 Å². The Hall–Kier alpha value is -2.41. The molecule has 1 heterocycles. The Balaban J connectivity index is 1.74. The molecular weight excluding hydrogens is 326 g/mol. The number of carbonyl (C=O) groups is 1. The van der Waals surface area contributed by atoms with E-state index in [-0.39, 0.29) is 16.1 Å². The first-order valence-corrected chi connectivity index (χ1v) is 9.38. The van der Waals surface area contributed by atoms with Gasteiger partial charge in [0.1, 0.15) is 5.82 Å². The van der Waals surface area contributed by atoms with Gasteiger partial charge in [-0.15, -0.1) is 0 Å². The lowest BCUT2D eigenvalue weighted by molar-refractivity contribution is 0.102. The number of nitrogens with zero attached hydrogens (tertiary/aromatic N) is 1. The number of hydrogen-bond donors (Lipinski definition) is 2. The van der Waals surface area contributed by atoms with E-state index in [9.17, 15) is 13.2 Å². The highest BCUT2D eigenvalue weighted by atomic mass is 32.2. The summed E-state index contributed by atoms with van der Waals surface area (Å²) in [5.74, 6) is 0.0425. The summed E-state index contributed by atoms with van der Waals surface area (Å²) in [6, 6.07) is 9.31. The molecule has 1 saturated carbocycles. The van der Waals surface area contributed by atoms with Crippen LogP contribution in [0.15, 0.2) is 47.5 Å². The number of carbonyl (C=O) groups excluding carboxylic acids is 1. The first-order valence-electron chi connectivity index (χ1n) is 7.83. The minimum absolute atomic E-state index is 0.278. The maximum absolute atomic E-state index is 12.5. The number of anilines is 2. The number of benzene rings is 1. The Morgan fingerprint density at radius 3 is 2.33 bits per heavy atom. The number of nitrogen functional groups attached to an aromatic ring is 1. The molecule has 7 heteroatoms. The summed E-state index contributed by atoms with van der Waals surface area (Å²) < 4.78 is 25.0. The van der Waals surface area contributed by atoms with E-state index in [1.54, 1.807) is 12.1 Å². The summed E-state index contributed by atoms with van der Waals surface area (Å²) >= 11 is 0. The molecule has 2 aromatic rings. The van der Waals surface area contributed by atoms with Gasteiger partial charge in [-0.2, -0.15) is 0 Å². The van der Waals surface area contributed by atoms with E-state index in [0.29, 0.717) is 29.9 Å². The molecule has 6 nitrogen and oxygen atoms in total. The second kappa shape index (κ2) is 6.60. The highest BCUT2D eigenvalue weighted by Gasteiger charge is 2.30. The van der Waals surface area contributed by atoms with Crippen LogP contribution < -0.4 is 11.1 Å². The van der Waals surface area contributed by atoms with Gasteiger partial charge in [-0.3, -0.25) is 4.79 Å². The maximum Gasteiger partial charge on any atom is 0.255 e. The fourth-order valence-corrected chi connectivity index (χ4v) is 4.72. The fraction of sp³-hybridized carbons (Fsp3) is 0.294. The van der Waals surface area contributed by atoms with Crippen LogP contribution in [0.1, 0.15) is 36.0 Å². The smallest absolute Gasteiger partial charge is 0.255 e. The number of aromatic nitrogens is 1. The molecule has 0 atom stereocenters. The molecular formula is C17H19N3O3S. The average molecular weight is 345 g/mol. The molecule has 0 radical (unpaired) electrons. The predicted octanol–water partition coefficient (Wildman–Crippen LogP) is 2.63. The standard InChI is InChI=1S/C17H19N3O3S/c18-16-10-7-13(11-19-16)20-17(21)12-5-8-15(9-6-12)24(22,23)14-3-1-2-4-14/h5-11,14H,1-4H2,(H2,18,19)(H,20,21). The van der Waals surface area contributed by atoms with Crippen molar-refractivity contribution in [3.05, 3.63) is 48.2 Å². The average Bonchev–Trinajstić information content (AvgIpc) is 3.12. The molecule has 0 spiro atoms. The minimum Gasteiger partial charge on any atom is -0.384 e. The van der Waals surface area contributed by atoms with Gasteiger partial charge in [-0.05, 0) is 49.2 Å². The van der Waals surface area contributed by atoms with Crippen LogP contribution in [0.4, 0.5) is 11.5 Å². The predicted molar refractivity (Wildman–Crippen MR) is 92.5 cm³/mol. The molecule has 126 valence electrons. The van der Waals surface area contributed by atoms with Gasteiger partial charge in [0.15, 0.2) is 9.84 Å². The number of nitrogens with two attached hydrogens (primary N) is 1. The van der Waals surface area contributed by atoms with E-state index in [4.69, 9.17) is 5.73 Å². The van der Waals surface area contributed by atoms with Crippen LogP contribution in [-0.2, 0) is 9.84 Å². The molecule has 1 aliphatic rings. The van der Waals surface area contributed by atoms with Gasteiger partial charge in [0.25, 0.3) is 5.91 Å². The zero-order valence-electron chi connectivity index (χ0n) is 13.1. The topological polar surface area (TPSA) is 102 Å². The lowest BCUT2D eigenvalue weighted by Gasteiger charge is -2.11. The fourth-order valence-electron chi connectivity index (χ4n) is 2.87. The second-order valence-electron chi connectivity index (χ2n) is 5.90. The van der Waals surface area contributed by atoms with Crippen LogP contribution in [0.5, 0.6) is 0 Å². The Morgan fingerprint density at radius 2 is 1.75 bits per heavy atom. The molecule has 1 aromatic heterocycles. The van der Waals surface area contributed by atoms with Crippen LogP contribution in [-0.4, -0.2) is 24.6 Å². The quantitative estimate of drug-likeness (QED) is 0.887. The van der Waals surface area contributed by atoms with Gasteiger partial charge < -0.3 is 11.1 Å². The number of pyridine rings is 1. The number of nitrogens with one attached hydrogen (secondary N) is 1. The van der Waals surface area contributed by atoms with E-state index < -0.39 is 9.84 Å². The molecule has 0 saturated heterocycles. The Labute approximate surface area is 141 Å². The highest BCUT2D eigenvalue weighted by molar-refractivity contribution is 7.92.